The number of piperidine rings is 2. The maximum atomic E-state index is 13.1. The first-order valence-electron chi connectivity index (χ1n) is 14.8. The molecule has 5 rings (SSSR count). The molecule has 228 valence electrons. The zero-order valence-electron chi connectivity index (χ0n) is 24.6. The van der Waals surface area contributed by atoms with Gasteiger partial charge in [-0.15, -0.1) is 0 Å². The molecule has 0 saturated carbocycles. The molecule has 2 aliphatic heterocycles. The predicted octanol–water partition coefficient (Wildman–Crippen LogP) is 3.72. The fourth-order valence-corrected chi connectivity index (χ4v) is 6.38. The summed E-state index contributed by atoms with van der Waals surface area (Å²) in [5.41, 5.74) is 2.72. The third kappa shape index (κ3) is 7.45. The number of nitriles is 1. The number of hydrogen-bond acceptors (Lipinski definition) is 7. The predicted molar refractivity (Wildman–Crippen MR) is 163 cm³/mol. The van der Waals surface area contributed by atoms with Crippen LogP contribution in [0.2, 0.25) is 0 Å². The van der Waals surface area contributed by atoms with Gasteiger partial charge in [0, 0.05) is 77.2 Å². The van der Waals surface area contributed by atoms with Crippen molar-refractivity contribution >= 4 is 28.4 Å². The van der Waals surface area contributed by atoms with Gasteiger partial charge in [0.25, 0.3) is 11.8 Å². The molecule has 0 aliphatic carbocycles. The van der Waals surface area contributed by atoms with Crippen LogP contribution in [0.4, 0.5) is 0 Å². The van der Waals surface area contributed by atoms with Crippen LogP contribution in [-0.4, -0.2) is 80.0 Å². The Morgan fingerprint density at radius 2 is 1.61 bits per heavy atom. The average Bonchev–Trinajstić information content (AvgIpc) is 3.05. The Morgan fingerprint density at radius 3 is 2.18 bits per heavy atom. The minimum absolute atomic E-state index is 0.0375. The number of aromatic nitrogens is 1. The van der Waals surface area contributed by atoms with Gasteiger partial charge in [-0.1, -0.05) is 24.3 Å². The van der Waals surface area contributed by atoms with E-state index in [1.54, 1.807) is 59.7 Å². The molecule has 2 saturated heterocycles. The first-order chi connectivity index (χ1) is 21.1. The number of amides is 2. The number of pyridine rings is 1. The maximum absolute atomic E-state index is 13.1. The maximum Gasteiger partial charge on any atom is 0.270 e. The summed E-state index contributed by atoms with van der Waals surface area (Å²) in [7, 11) is -1.10. The average molecular weight is 615 g/mol. The molecular formula is C33H36N5O5S+. The largest absolute Gasteiger partial charge is 0.348 e. The molecule has 11 heteroatoms. The number of ketones is 1. The lowest BCUT2D eigenvalue weighted by Gasteiger charge is -2.37. The first kappa shape index (κ1) is 31.2. The van der Waals surface area contributed by atoms with Gasteiger partial charge >= 0.3 is 0 Å². The summed E-state index contributed by atoms with van der Waals surface area (Å²) in [5.74, 6) is -0.643. The molecule has 1 unspecified atom stereocenters. The van der Waals surface area contributed by atoms with Crippen LogP contribution >= 0.6 is 0 Å². The second kappa shape index (κ2) is 13.6. The van der Waals surface area contributed by atoms with E-state index >= 15 is 0 Å². The topological polar surface area (TPSA) is 140 Å². The van der Waals surface area contributed by atoms with Crippen LogP contribution in [0, 0.1) is 17.2 Å². The van der Waals surface area contributed by atoms with Crippen molar-refractivity contribution in [3.8, 4) is 6.07 Å². The van der Waals surface area contributed by atoms with Crippen LogP contribution in [0.3, 0.4) is 0 Å². The Kier molecular flexibility index (Phi) is 9.64. The second-order valence-electron chi connectivity index (χ2n) is 11.6. The lowest BCUT2D eigenvalue weighted by Crippen LogP contribution is -2.54. The molecule has 3 aromatic rings. The number of benzene rings is 2. The van der Waals surface area contributed by atoms with E-state index < -0.39 is 10.8 Å². The zero-order valence-corrected chi connectivity index (χ0v) is 25.5. The van der Waals surface area contributed by atoms with Crippen molar-refractivity contribution in [3.05, 3.63) is 94.8 Å². The molecule has 3 heterocycles. The summed E-state index contributed by atoms with van der Waals surface area (Å²) < 4.78 is 11.5. The number of likely N-dealkylation sites (tertiary alicyclic amines) is 2. The molecule has 10 nitrogen and oxygen atoms in total. The summed E-state index contributed by atoms with van der Waals surface area (Å²) in [6.45, 7) is 2.32. The molecule has 2 N–H and O–H groups in total. The Labute approximate surface area is 259 Å². The van der Waals surface area contributed by atoms with Crippen LogP contribution in [0.5, 0.6) is 0 Å². The highest BCUT2D eigenvalue weighted by molar-refractivity contribution is 7.84. The molecule has 0 bridgehead atoms. The molecule has 2 amide bonds. The molecule has 2 aliphatic rings. The number of rotatable bonds is 8. The molecule has 0 radical (unpaired) electrons. The van der Waals surface area contributed by atoms with Gasteiger partial charge in [-0.2, -0.15) is 9.91 Å². The number of carbonyl (C=O) groups is 3. The third-order valence-corrected chi connectivity index (χ3v) is 9.49. The van der Waals surface area contributed by atoms with Gasteiger partial charge in [0.05, 0.1) is 17.2 Å². The van der Waals surface area contributed by atoms with Crippen LogP contribution in [0.25, 0.3) is 0 Å². The van der Waals surface area contributed by atoms with Crippen LogP contribution in [-0.2, 0) is 17.3 Å². The van der Waals surface area contributed by atoms with Gasteiger partial charge in [-0.05, 0) is 49.2 Å². The third-order valence-electron chi connectivity index (χ3n) is 8.55. The van der Waals surface area contributed by atoms with E-state index in [0.717, 1.165) is 5.56 Å². The Hall–Kier alpha value is -4.24. The molecule has 1 aromatic heterocycles. The number of nitrogens with zero attached hydrogens (tertiary/aromatic N) is 4. The zero-order chi connectivity index (χ0) is 31.3. The quantitative estimate of drug-likeness (QED) is 0.291. The standard InChI is InChI=1S/C33H35N5O5S/c1-44(43)29-9-6-25(7-10-29)31(39)26-12-16-37(17-13-26)33(41)27-8-11-30(35-21-27)32(40)36-28-14-18-38(42,19-15-28)22-24-4-2-23(20-34)3-5-24/h2-11,21,26,28,42H,12-19,22H2,1H3/p+1. The smallest absolute Gasteiger partial charge is 0.270 e. The van der Waals surface area contributed by atoms with E-state index in [9.17, 15) is 23.8 Å². The molecule has 2 aromatic carbocycles. The van der Waals surface area contributed by atoms with Crippen molar-refractivity contribution in [2.24, 2.45) is 5.92 Å². The van der Waals surface area contributed by atoms with Crippen molar-refractivity contribution in [1.29, 1.82) is 5.26 Å². The molecule has 0 spiro atoms. The summed E-state index contributed by atoms with van der Waals surface area (Å²) >= 11 is 0. The van der Waals surface area contributed by atoms with Crippen LogP contribution in [0.15, 0.2) is 71.8 Å². The van der Waals surface area contributed by atoms with E-state index in [0.29, 0.717) is 80.0 Å². The van der Waals surface area contributed by atoms with Crippen LogP contribution < -0.4 is 5.32 Å². The second-order valence-corrected chi connectivity index (χ2v) is 13.0. The fraction of sp³-hybridized carbons (Fsp3) is 0.364. The number of hydrogen-bond donors (Lipinski definition) is 2. The Morgan fingerprint density at radius 1 is 0.977 bits per heavy atom. The monoisotopic (exact) mass is 614 g/mol. The lowest BCUT2D eigenvalue weighted by atomic mass is 9.88. The van der Waals surface area contributed by atoms with Crippen molar-refractivity contribution < 1.29 is 28.4 Å². The van der Waals surface area contributed by atoms with Crippen molar-refractivity contribution in [2.75, 3.05) is 32.4 Å². The van der Waals surface area contributed by atoms with Crippen molar-refractivity contribution in [3.63, 3.8) is 0 Å². The van der Waals surface area contributed by atoms with Gasteiger partial charge in [-0.25, -0.2) is 5.21 Å². The summed E-state index contributed by atoms with van der Waals surface area (Å²) in [6, 6.07) is 19.2. The SMILES string of the molecule is CS(=O)c1ccc(C(=O)C2CCN(C(=O)c3ccc(C(=O)NC4CC[N+](O)(Cc5ccc(C#N)cc5)CC4)nc3)CC2)cc1. The summed E-state index contributed by atoms with van der Waals surface area (Å²) in [6.07, 6.45) is 5.35. The number of hydroxylamine groups is 3. The highest BCUT2D eigenvalue weighted by Gasteiger charge is 2.34. The van der Waals surface area contributed by atoms with Gasteiger partial charge in [-0.3, -0.25) is 23.6 Å². The van der Waals surface area contributed by atoms with E-state index in [2.05, 4.69) is 16.4 Å². The van der Waals surface area contributed by atoms with Crippen molar-refractivity contribution in [1.82, 2.24) is 15.2 Å². The van der Waals surface area contributed by atoms with E-state index in [4.69, 9.17) is 5.26 Å². The number of nitrogens with one attached hydrogen (secondary N) is 1. The molecule has 2 fully saturated rings. The normalized spacial score (nSPS) is 21.2. The molecular weight excluding hydrogens is 578 g/mol. The van der Waals surface area contributed by atoms with E-state index in [-0.39, 0.29) is 39.9 Å². The highest BCUT2D eigenvalue weighted by Crippen LogP contribution is 2.24. The summed E-state index contributed by atoms with van der Waals surface area (Å²) in [5, 5.41) is 23.0. The molecule has 44 heavy (non-hydrogen) atoms. The number of Topliss-reactive ketones (excluding diaryl/α,β-unsaturated/α-hetero) is 1. The van der Waals surface area contributed by atoms with Gasteiger partial charge in [0.2, 0.25) is 0 Å². The minimum Gasteiger partial charge on any atom is -0.348 e. The van der Waals surface area contributed by atoms with E-state index in [1.807, 2.05) is 12.1 Å². The lowest BCUT2D eigenvalue weighted by molar-refractivity contribution is -1.12. The van der Waals surface area contributed by atoms with Gasteiger partial charge < -0.3 is 10.2 Å². The molecule has 1 atom stereocenters. The fourth-order valence-electron chi connectivity index (χ4n) is 5.86. The Balaban J connectivity index is 1.08. The number of carbonyl (C=O) groups excluding carboxylic acids is 3. The Bertz CT molecular complexity index is 1570. The first-order valence-corrected chi connectivity index (χ1v) is 16.3. The van der Waals surface area contributed by atoms with Crippen molar-refractivity contribution in [2.45, 2.75) is 43.2 Å². The van der Waals surface area contributed by atoms with E-state index in [1.165, 1.54) is 6.20 Å². The number of quaternary nitrogens is 1. The van der Waals surface area contributed by atoms with Crippen LogP contribution in [0.1, 0.15) is 68.0 Å². The van der Waals surface area contributed by atoms with Gasteiger partial charge in [0.1, 0.15) is 25.3 Å². The minimum atomic E-state index is -1.10. The van der Waals surface area contributed by atoms with Gasteiger partial charge in [0.15, 0.2) is 5.78 Å². The summed E-state index contributed by atoms with van der Waals surface area (Å²) in [4.78, 5) is 45.6. The highest BCUT2D eigenvalue weighted by atomic mass is 32.2.